The summed E-state index contributed by atoms with van der Waals surface area (Å²) in [5.41, 5.74) is 7.65. The second-order valence-corrected chi connectivity index (χ2v) is 5.04. The number of aromatic nitrogens is 1. The van der Waals surface area contributed by atoms with Gasteiger partial charge in [-0.3, -0.25) is 0 Å². The van der Waals surface area contributed by atoms with Crippen molar-refractivity contribution >= 4 is 10.9 Å². The Labute approximate surface area is 107 Å². The summed E-state index contributed by atoms with van der Waals surface area (Å²) in [6.07, 6.45) is 0. The highest BCUT2D eigenvalue weighted by molar-refractivity contribution is 5.90. The van der Waals surface area contributed by atoms with Crippen LogP contribution in [-0.2, 0) is 0 Å². The number of aromatic amines is 1. The van der Waals surface area contributed by atoms with Gasteiger partial charge in [0, 0.05) is 16.6 Å². The molecule has 1 aromatic heterocycles. The van der Waals surface area contributed by atoms with Crippen LogP contribution in [0, 0.1) is 20.8 Å². The van der Waals surface area contributed by atoms with E-state index in [1.807, 2.05) is 0 Å². The molecule has 0 saturated heterocycles. The van der Waals surface area contributed by atoms with Crippen molar-refractivity contribution in [1.29, 1.82) is 0 Å². The van der Waals surface area contributed by atoms with E-state index in [0.29, 0.717) is 0 Å². The number of fused-ring (bicyclic) bond motifs is 1. The van der Waals surface area contributed by atoms with Gasteiger partial charge < -0.3 is 4.98 Å². The first-order valence-electron chi connectivity index (χ1n) is 6.31. The van der Waals surface area contributed by atoms with E-state index in [0.717, 1.165) is 0 Å². The predicted molar refractivity (Wildman–Crippen MR) is 77.9 cm³/mol. The summed E-state index contributed by atoms with van der Waals surface area (Å²) in [5, 5.41) is 1.33. The summed E-state index contributed by atoms with van der Waals surface area (Å²) >= 11 is 0. The van der Waals surface area contributed by atoms with Crippen LogP contribution in [0.5, 0.6) is 0 Å². The molecular formula is C17H17N. The Hall–Kier alpha value is -2.02. The first kappa shape index (κ1) is 11.1. The van der Waals surface area contributed by atoms with Crippen LogP contribution in [0.15, 0.2) is 42.5 Å². The lowest BCUT2D eigenvalue weighted by Gasteiger charge is -2.01. The molecule has 1 nitrogen and oxygen atoms in total. The Kier molecular flexibility index (Phi) is 2.48. The van der Waals surface area contributed by atoms with Crippen molar-refractivity contribution in [1.82, 2.24) is 4.98 Å². The van der Waals surface area contributed by atoms with E-state index >= 15 is 0 Å². The SMILES string of the molecule is Cc1cccc(-c2[nH]c3ccc(C)cc3c2C)c1. The van der Waals surface area contributed by atoms with Crippen molar-refractivity contribution < 1.29 is 0 Å². The van der Waals surface area contributed by atoms with Gasteiger partial charge >= 0.3 is 0 Å². The van der Waals surface area contributed by atoms with Crippen LogP contribution in [0.3, 0.4) is 0 Å². The van der Waals surface area contributed by atoms with E-state index in [-0.39, 0.29) is 0 Å². The van der Waals surface area contributed by atoms with Gasteiger partial charge in [0.1, 0.15) is 0 Å². The molecule has 0 unspecified atom stereocenters. The minimum Gasteiger partial charge on any atom is -0.354 e. The van der Waals surface area contributed by atoms with E-state index in [4.69, 9.17) is 0 Å². The molecule has 1 heterocycles. The molecule has 0 bridgehead atoms. The summed E-state index contributed by atoms with van der Waals surface area (Å²) in [7, 11) is 0. The third-order valence-corrected chi connectivity index (χ3v) is 3.52. The maximum absolute atomic E-state index is 3.53. The van der Waals surface area contributed by atoms with Gasteiger partial charge in [0.15, 0.2) is 0 Å². The summed E-state index contributed by atoms with van der Waals surface area (Å²) < 4.78 is 0. The molecule has 1 heteroatoms. The first-order valence-corrected chi connectivity index (χ1v) is 6.31. The van der Waals surface area contributed by atoms with Crippen LogP contribution >= 0.6 is 0 Å². The first-order chi connectivity index (χ1) is 8.65. The molecule has 18 heavy (non-hydrogen) atoms. The Bertz CT molecular complexity index is 720. The molecule has 0 amide bonds. The standard InChI is InChI=1S/C17H17N/c1-11-5-4-6-14(9-11)17-13(3)15-10-12(2)7-8-16(15)18-17/h4-10,18H,1-3H3. The highest BCUT2D eigenvalue weighted by Crippen LogP contribution is 2.30. The number of benzene rings is 2. The molecule has 0 radical (unpaired) electrons. The molecule has 0 aliphatic rings. The molecule has 0 fully saturated rings. The van der Waals surface area contributed by atoms with Crippen LogP contribution in [0.4, 0.5) is 0 Å². The minimum absolute atomic E-state index is 1.22. The molecule has 0 spiro atoms. The van der Waals surface area contributed by atoms with Gasteiger partial charge in [-0.1, -0.05) is 35.4 Å². The van der Waals surface area contributed by atoms with Crippen LogP contribution in [0.2, 0.25) is 0 Å². The van der Waals surface area contributed by atoms with Gasteiger partial charge in [0.2, 0.25) is 0 Å². The molecule has 2 aromatic carbocycles. The van der Waals surface area contributed by atoms with Crippen molar-refractivity contribution in [2.45, 2.75) is 20.8 Å². The summed E-state index contributed by atoms with van der Waals surface area (Å²) in [6.45, 7) is 6.46. The molecule has 0 aliphatic carbocycles. The third-order valence-electron chi connectivity index (χ3n) is 3.52. The fraction of sp³-hybridized carbons (Fsp3) is 0.176. The van der Waals surface area contributed by atoms with Crippen LogP contribution in [0.25, 0.3) is 22.2 Å². The lowest BCUT2D eigenvalue weighted by atomic mass is 10.0. The summed E-state index contributed by atoms with van der Waals surface area (Å²) in [5.74, 6) is 0. The Morgan fingerprint density at radius 3 is 2.39 bits per heavy atom. The van der Waals surface area contributed by atoms with Crippen molar-refractivity contribution in [2.75, 3.05) is 0 Å². The molecule has 0 atom stereocenters. The number of hydrogen-bond acceptors (Lipinski definition) is 0. The monoisotopic (exact) mass is 235 g/mol. The van der Waals surface area contributed by atoms with E-state index in [2.05, 4.69) is 68.2 Å². The zero-order valence-electron chi connectivity index (χ0n) is 11.0. The predicted octanol–water partition coefficient (Wildman–Crippen LogP) is 4.76. The van der Waals surface area contributed by atoms with E-state index < -0.39 is 0 Å². The number of nitrogens with one attached hydrogen (secondary N) is 1. The molecule has 90 valence electrons. The van der Waals surface area contributed by atoms with Crippen molar-refractivity contribution in [3.05, 3.63) is 59.2 Å². The Morgan fingerprint density at radius 1 is 0.833 bits per heavy atom. The van der Waals surface area contributed by atoms with Gasteiger partial charge in [0.05, 0.1) is 0 Å². The van der Waals surface area contributed by atoms with Crippen molar-refractivity contribution in [2.24, 2.45) is 0 Å². The average Bonchev–Trinajstić information content (AvgIpc) is 2.67. The zero-order valence-corrected chi connectivity index (χ0v) is 11.0. The molecule has 3 aromatic rings. The van der Waals surface area contributed by atoms with E-state index in [9.17, 15) is 0 Å². The number of H-pyrrole nitrogens is 1. The lowest BCUT2D eigenvalue weighted by Crippen LogP contribution is -1.81. The quantitative estimate of drug-likeness (QED) is 0.626. The summed E-state index contributed by atoms with van der Waals surface area (Å²) in [6, 6.07) is 15.2. The number of rotatable bonds is 1. The van der Waals surface area contributed by atoms with E-state index in [1.54, 1.807) is 0 Å². The van der Waals surface area contributed by atoms with Gasteiger partial charge in [-0.2, -0.15) is 0 Å². The molecule has 0 aliphatic heterocycles. The van der Waals surface area contributed by atoms with Gasteiger partial charge in [-0.25, -0.2) is 0 Å². The van der Waals surface area contributed by atoms with Crippen molar-refractivity contribution in [3.8, 4) is 11.3 Å². The lowest BCUT2D eigenvalue weighted by molar-refractivity contribution is 1.38. The average molecular weight is 235 g/mol. The maximum Gasteiger partial charge on any atom is 0.0494 e. The van der Waals surface area contributed by atoms with Crippen molar-refractivity contribution in [3.63, 3.8) is 0 Å². The Morgan fingerprint density at radius 2 is 1.61 bits per heavy atom. The highest BCUT2D eigenvalue weighted by Gasteiger charge is 2.09. The number of hydrogen-bond donors (Lipinski definition) is 1. The van der Waals surface area contributed by atoms with E-state index in [1.165, 1.54) is 38.9 Å². The molecule has 0 saturated carbocycles. The minimum atomic E-state index is 1.22. The fourth-order valence-corrected chi connectivity index (χ4v) is 2.53. The van der Waals surface area contributed by atoms with Gasteiger partial charge in [-0.15, -0.1) is 0 Å². The fourth-order valence-electron chi connectivity index (χ4n) is 2.53. The Balaban J connectivity index is 2.27. The van der Waals surface area contributed by atoms with Crippen LogP contribution < -0.4 is 0 Å². The summed E-state index contributed by atoms with van der Waals surface area (Å²) in [4.78, 5) is 3.53. The van der Waals surface area contributed by atoms with Gasteiger partial charge in [0.25, 0.3) is 0 Å². The van der Waals surface area contributed by atoms with Crippen LogP contribution in [-0.4, -0.2) is 4.98 Å². The highest BCUT2D eigenvalue weighted by atomic mass is 14.7. The maximum atomic E-state index is 3.53. The third kappa shape index (κ3) is 1.72. The molecular weight excluding hydrogens is 218 g/mol. The second-order valence-electron chi connectivity index (χ2n) is 5.04. The van der Waals surface area contributed by atoms with Crippen LogP contribution in [0.1, 0.15) is 16.7 Å². The second kappa shape index (κ2) is 4.02. The molecule has 3 rings (SSSR count). The molecule has 1 N–H and O–H groups in total. The smallest absolute Gasteiger partial charge is 0.0494 e. The zero-order chi connectivity index (χ0) is 12.7. The topological polar surface area (TPSA) is 15.8 Å². The number of aryl methyl sites for hydroxylation is 3. The largest absolute Gasteiger partial charge is 0.354 e. The van der Waals surface area contributed by atoms with Gasteiger partial charge in [-0.05, 0) is 50.1 Å². The normalized spacial score (nSPS) is 11.1.